The molecule has 25 heavy (non-hydrogen) atoms. The highest BCUT2D eigenvalue weighted by molar-refractivity contribution is 6.21. The Morgan fingerprint density at radius 2 is 1.60 bits per heavy atom. The van der Waals surface area contributed by atoms with Crippen molar-refractivity contribution >= 4 is 11.6 Å². The van der Waals surface area contributed by atoms with Crippen LogP contribution in [0.15, 0.2) is 12.2 Å². The Balaban J connectivity index is 2.34. The Morgan fingerprint density at radius 3 is 2.20 bits per heavy atom. The van der Waals surface area contributed by atoms with Crippen molar-refractivity contribution < 1.29 is 20.1 Å². The predicted octanol–water partition coefficient (Wildman–Crippen LogP) is 3.55. The highest BCUT2D eigenvalue weighted by atomic mass is 35.5. The Labute approximate surface area is 157 Å². The minimum Gasteiger partial charge on any atom is -0.387 e. The van der Waals surface area contributed by atoms with Gasteiger partial charge < -0.3 is 20.1 Å². The fourth-order valence-electron chi connectivity index (χ4n) is 3.84. The number of fused-ring (bicyclic) bond motifs is 2. The molecule has 4 nitrogen and oxygen atoms in total. The molecule has 2 heterocycles. The van der Waals surface area contributed by atoms with Gasteiger partial charge in [-0.3, -0.25) is 0 Å². The minimum atomic E-state index is -1.08. The predicted molar refractivity (Wildman–Crippen MR) is 101 cm³/mol. The molecular formula is C20H35ClO4. The molecule has 0 unspecified atom stereocenters. The van der Waals surface area contributed by atoms with Crippen molar-refractivity contribution in [2.75, 3.05) is 0 Å². The van der Waals surface area contributed by atoms with Gasteiger partial charge in [0.15, 0.2) is 0 Å². The van der Waals surface area contributed by atoms with E-state index >= 15 is 0 Å². The van der Waals surface area contributed by atoms with Gasteiger partial charge in [-0.25, -0.2) is 0 Å². The van der Waals surface area contributed by atoms with E-state index in [0.29, 0.717) is 25.7 Å². The fraction of sp³-hybridized carbons (Fsp3) is 0.900. The molecule has 1 fully saturated rings. The molecule has 0 aromatic carbocycles. The average molecular weight is 375 g/mol. The Hall–Kier alpha value is -0.130. The first-order chi connectivity index (χ1) is 11.3. The summed E-state index contributed by atoms with van der Waals surface area (Å²) in [6, 6.07) is 0. The van der Waals surface area contributed by atoms with Crippen LogP contribution in [0.4, 0.5) is 0 Å². The van der Waals surface area contributed by atoms with Gasteiger partial charge in [-0.1, -0.05) is 26.0 Å². The van der Waals surface area contributed by atoms with E-state index in [0.717, 1.165) is 12.8 Å². The summed E-state index contributed by atoms with van der Waals surface area (Å²) in [6.45, 7) is 9.42. The number of alkyl halides is 1. The standard InChI is InChI=1S/C20H35ClO4/c1-14(2)20(24)12-10-17(3,22)8-6-15(21)19(5)9-7-16(25-19)18(4,23)11-13-20/h10,12,14-16,22-24H,6-9,11,13H2,1-5H3/b12-10+/t15-,16+,17-,18-,19-,20-/m1/s1. The maximum absolute atomic E-state index is 11.1. The molecule has 0 radical (unpaired) electrons. The van der Waals surface area contributed by atoms with Crippen LogP contribution in [-0.2, 0) is 4.74 Å². The molecule has 146 valence electrons. The van der Waals surface area contributed by atoms with Crippen LogP contribution in [0.1, 0.15) is 73.1 Å². The first-order valence-corrected chi connectivity index (χ1v) is 9.93. The quantitative estimate of drug-likeness (QED) is 0.485. The summed E-state index contributed by atoms with van der Waals surface area (Å²) in [4.78, 5) is 0. The monoisotopic (exact) mass is 374 g/mol. The first-order valence-electron chi connectivity index (χ1n) is 9.49. The Bertz CT molecular complexity index is 502. The minimum absolute atomic E-state index is 0.0315. The third-order valence-corrected chi connectivity index (χ3v) is 7.02. The molecule has 0 saturated carbocycles. The van der Waals surface area contributed by atoms with Crippen LogP contribution in [-0.4, -0.2) is 49.2 Å². The molecule has 2 bridgehead atoms. The smallest absolute Gasteiger partial charge is 0.0881 e. The lowest BCUT2D eigenvalue weighted by Crippen LogP contribution is -2.45. The third kappa shape index (κ3) is 4.78. The van der Waals surface area contributed by atoms with Gasteiger partial charge in [0.1, 0.15) is 0 Å². The molecule has 2 aliphatic heterocycles. The zero-order valence-corrected chi connectivity index (χ0v) is 17.0. The van der Waals surface area contributed by atoms with Gasteiger partial charge in [0, 0.05) is 0 Å². The third-order valence-electron chi connectivity index (χ3n) is 6.34. The van der Waals surface area contributed by atoms with E-state index in [-0.39, 0.29) is 17.4 Å². The number of hydrogen-bond acceptors (Lipinski definition) is 4. The zero-order valence-electron chi connectivity index (χ0n) is 16.3. The molecule has 5 heteroatoms. The molecule has 2 rings (SSSR count). The topological polar surface area (TPSA) is 69.9 Å². The maximum Gasteiger partial charge on any atom is 0.0881 e. The van der Waals surface area contributed by atoms with Gasteiger partial charge in [0.2, 0.25) is 0 Å². The summed E-state index contributed by atoms with van der Waals surface area (Å²) >= 11 is 6.62. The molecule has 3 N–H and O–H groups in total. The van der Waals surface area contributed by atoms with Gasteiger partial charge in [0.05, 0.1) is 33.9 Å². The molecule has 1 saturated heterocycles. The fourth-order valence-corrected chi connectivity index (χ4v) is 4.11. The molecule has 6 atom stereocenters. The van der Waals surface area contributed by atoms with Crippen molar-refractivity contribution in [3.8, 4) is 0 Å². The van der Waals surface area contributed by atoms with Crippen molar-refractivity contribution in [3.63, 3.8) is 0 Å². The first kappa shape index (κ1) is 21.2. The van der Waals surface area contributed by atoms with Crippen LogP contribution in [0.5, 0.6) is 0 Å². The van der Waals surface area contributed by atoms with E-state index in [2.05, 4.69) is 0 Å². The summed E-state index contributed by atoms with van der Waals surface area (Å²) < 4.78 is 6.22. The van der Waals surface area contributed by atoms with Crippen molar-refractivity contribution in [2.24, 2.45) is 5.92 Å². The molecule has 0 aromatic heterocycles. The van der Waals surface area contributed by atoms with Crippen LogP contribution in [0, 0.1) is 5.92 Å². The lowest BCUT2D eigenvalue weighted by molar-refractivity contribution is -0.133. The van der Waals surface area contributed by atoms with Gasteiger partial charge in [-0.05, 0) is 65.2 Å². The maximum atomic E-state index is 11.1. The number of rotatable bonds is 1. The van der Waals surface area contributed by atoms with Gasteiger partial charge >= 0.3 is 0 Å². The van der Waals surface area contributed by atoms with E-state index in [9.17, 15) is 15.3 Å². The molecule has 0 spiro atoms. The van der Waals surface area contributed by atoms with Crippen molar-refractivity contribution in [1.82, 2.24) is 0 Å². The number of hydrogen-bond donors (Lipinski definition) is 3. The van der Waals surface area contributed by atoms with E-state index in [4.69, 9.17) is 16.3 Å². The van der Waals surface area contributed by atoms with Gasteiger partial charge in [-0.15, -0.1) is 11.6 Å². The summed E-state index contributed by atoms with van der Waals surface area (Å²) in [7, 11) is 0. The van der Waals surface area contributed by atoms with E-state index in [1.165, 1.54) is 0 Å². The van der Waals surface area contributed by atoms with E-state index in [1.54, 1.807) is 26.0 Å². The lowest BCUT2D eigenvalue weighted by atomic mass is 9.79. The lowest BCUT2D eigenvalue weighted by Gasteiger charge is -2.37. The van der Waals surface area contributed by atoms with Gasteiger partial charge in [-0.2, -0.15) is 0 Å². The van der Waals surface area contributed by atoms with E-state index in [1.807, 2.05) is 20.8 Å². The SMILES string of the molecule is CC(C)[C@@]1(O)/C=C/[C@](C)(O)CC[C@@H](Cl)[C@@]2(C)CC[C@H](O2)[C@](C)(O)CC1. The molecule has 0 aliphatic carbocycles. The van der Waals surface area contributed by atoms with Crippen LogP contribution in [0.25, 0.3) is 0 Å². The summed E-state index contributed by atoms with van der Waals surface area (Å²) in [5.74, 6) is -0.0315. The second kappa shape index (κ2) is 7.12. The Kier molecular flexibility index (Phi) is 6.03. The number of aliphatic hydroxyl groups is 3. The second-order valence-corrected chi connectivity index (χ2v) is 9.68. The van der Waals surface area contributed by atoms with Crippen LogP contribution in [0.2, 0.25) is 0 Å². The molecule has 0 amide bonds. The molecular weight excluding hydrogens is 340 g/mol. The normalized spacial score (nSPS) is 50.8. The highest BCUT2D eigenvalue weighted by Crippen LogP contribution is 2.43. The zero-order chi connectivity index (χ0) is 19.1. The summed E-state index contributed by atoms with van der Waals surface area (Å²) in [5, 5.41) is 32.5. The van der Waals surface area contributed by atoms with E-state index < -0.39 is 22.4 Å². The highest BCUT2D eigenvalue weighted by Gasteiger charge is 2.48. The van der Waals surface area contributed by atoms with Crippen LogP contribution in [0.3, 0.4) is 0 Å². The van der Waals surface area contributed by atoms with Crippen LogP contribution >= 0.6 is 11.6 Å². The van der Waals surface area contributed by atoms with Crippen molar-refractivity contribution in [2.45, 2.75) is 107 Å². The van der Waals surface area contributed by atoms with Crippen molar-refractivity contribution in [3.05, 3.63) is 12.2 Å². The van der Waals surface area contributed by atoms with Crippen LogP contribution < -0.4 is 0 Å². The summed E-state index contributed by atoms with van der Waals surface area (Å²) in [5.41, 5.74) is -3.65. The van der Waals surface area contributed by atoms with Gasteiger partial charge in [0.25, 0.3) is 0 Å². The van der Waals surface area contributed by atoms with Crippen molar-refractivity contribution in [1.29, 1.82) is 0 Å². The average Bonchev–Trinajstić information content (AvgIpc) is 2.93. The number of ether oxygens (including phenoxy) is 1. The summed E-state index contributed by atoms with van der Waals surface area (Å²) in [6.07, 6.45) is 6.55. The molecule has 2 aliphatic rings. The molecule has 0 aromatic rings. The number of halogens is 1. The Morgan fingerprint density at radius 1 is 0.960 bits per heavy atom. The second-order valence-electron chi connectivity index (χ2n) is 9.16. The largest absolute Gasteiger partial charge is 0.387 e.